The van der Waals surface area contributed by atoms with Crippen LogP contribution in [-0.4, -0.2) is 15.2 Å². The maximum absolute atomic E-state index is 5.32. The van der Waals surface area contributed by atoms with Crippen LogP contribution in [0.25, 0.3) is 43.4 Å². The maximum Gasteiger partial charge on any atom is 0.0725 e. The van der Waals surface area contributed by atoms with Crippen LogP contribution in [-0.2, 0) is 16.2 Å². The molecular formula is C71H64N4S. The summed E-state index contributed by atoms with van der Waals surface area (Å²) in [5, 5.41) is 7.43. The molecule has 1 aliphatic carbocycles. The molecule has 5 heteroatoms. The Morgan fingerprint density at radius 3 is 1.67 bits per heavy atom. The number of hydrogen-bond donors (Lipinski definition) is 0. The van der Waals surface area contributed by atoms with E-state index < -0.39 is 5.41 Å². The topological polar surface area (TPSA) is 32.3 Å². The monoisotopic (exact) mass is 1000 g/mol. The summed E-state index contributed by atoms with van der Waals surface area (Å²) in [4.78, 5) is 15.3. The molecule has 12 rings (SSSR count). The highest BCUT2D eigenvalue weighted by molar-refractivity contribution is 8.00. The zero-order chi connectivity index (χ0) is 52.5. The van der Waals surface area contributed by atoms with Crippen molar-refractivity contribution in [2.24, 2.45) is 0 Å². The smallest absolute Gasteiger partial charge is 0.0725 e. The van der Waals surface area contributed by atoms with Crippen LogP contribution in [0.4, 0.5) is 34.1 Å². The molecule has 76 heavy (non-hydrogen) atoms. The molecule has 0 fully saturated rings. The Balaban J connectivity index is 1.21. The lowest BCUT2D eigenvalue weighted by molar-refractivity contribution is 0.590. The highest BCUT2D eigenvalue weighted by Gasteiger charge is 2.50. The zero-order valence-electron chi connectivity index (χ0n) is 44.9. The summed E-state index contributed by atoms with van der Waals surface area (Å²) >= 11 is 1.94. The first kappa shape index (κ1) is 48.9. The molecule has 3 heterocycles. The van der Waals surface area contributed by atoms with Gasteiger partial charge in [0.25, 0.3) is 0 Å². The Morgan fingerprint density at radius 1 is 0.539 bits per heavy atom. The van der Waals surface area contributed by atoms with Gasteiger partial charge >= 0.3 is 0 Å². The van der Waals surface area contributed by atoms with E-state index in [9.17, 15) is 0 Å². The minimum Gasteiger partial charge on any atom is -0.309 e. The fourth-order valence-electron chi connectivity index (χ4n) is 11.9. The van der Waals surface area contributed by atoms with Crippen molar-refractivity contribution in [3.8, 4) is 11.1 Å². The van der Waals surface area contributed by atoms with E-state index in [1.54, 1.807) is 0 Å². The number of pyridine rings is 2. The van der Waals surface area contributed by atoms with Crippen molar-refractivity contribution >= 4 is 78.2 Å². The third kappa shape index (κ3) is 8.33. The molecule has 1 aliphatic heterocycles. The lowest BCUT2D eigenvalue weighted by Crippen LogP contribution is -2.30. The van der Waals surface area contributed by atoms with Crippen LogP contribution in [0.1, 0.15) is 89.6 Å². The van der Waals surface area contributed by atoms with Crippen LogP contribution in [0, 0.1) is 0 Å². The summed E-state index contributed by atoms with van der Waals surface area (Å²) in [6.45, 7) is 23.5. The van der Waals surface area contributed by atoms with Gasteiger partial charge in [0.2, 0.25) is 0 Å². The Hall–Kier alpha value is -7.99. The molecule has 2 atom stereocenters. The normalized spacial score (nSPS) is 17.5. The minimum atomic E-state index is -0.856. The molecule has 0 bridgehead atoms. The summed E-state index contributed by atoms with van der Waals surface area (Å²) < 4.78 is 0. The summed E-state index contributed by atoms with van der Waals surface area (Å²) in [5.74, 6) is 0. The van der Waals surface area contributed by atoms with Gasteiger partial charge in [-0.2, -0.15) is 0 Å². The SMILES string of the molecule is C=C1/C=C(CC)/C=C\C(C)Sc2cc3ccccc3cc2C12c1cc(N(c3ccc(C(C)(C)C)cc3)c3cccnc3)ccc1-c1c2c2ccc(N(c3ccc(C(C)(C)C)cc3)c3cccnc3)cc2c2ccccc12. The number of rotatable bonds is 7. The molecule has 8 aromatic carbocycles. The quantitative estimate of drug-likeness (QED) is 0.149. The maximum atomic E-state index is 5.32. The fraction of sp³-hybridized carbons (Fsp3) is 0.183. The van der Waals surface area contributed by atoms with Crippen LogP contribution in [0.2, 0.25) is 0 Å². The van der Waals surface area contributed by atoms with Crippen molar-refractivity contribution in [3.05, 3.63) is 258 Å². The molecule has 0 saturated heterocycles. The Bertz CT molecular complexity index is 3940. The largest absolute Gasteiger partial charge is 0.309 e. The first-order valence-corrected chi connectivity index (χ1v) is 27.6. The van der Waals surface area contributed by atoms with Gasteiger partial charge in [0.1, 0.15) is 0 Å². The van der Waals surface area contributed by atoms with Crippen molar-refractivity contribution in [2.75, 3.05) is 9.80 Å². The van der Waals surface area contributed by atoms with Crippen LogP contribution < -0.4 is 9.80 Å². The van der Waals surface area contributed by atoms with Crippen molar-refractivity contribution in [1.29, 1.82) is 0 Å². The standard InChI is InChI=1S/C71H64N4S/c1-10-48-24-23-47(3)76-66-41-50-18-12-11-17-49(50)40-65(66)71(46(2)39-48)64-43-56(75(58-20-16-38-73-45-58)54-31-27-52(28-32-54)70(7,8)9)34-36-62(64)67-60-22-14-13-21-59(60)63-42-55(33-35-61(63)68(67)71)74(57-19-15-37-72-44-57)53-29-25-51(26-30-53)69(4,5)6/h11-45,47H,2,10H2,1,3-9H3/b24-23-,48-39+. The number of anilines is 6. The molecule has 2 aliphatic rings. The highest BCUT2D eigenvalue weighted by atomic mass is 32.2. The number of aromatic nitrogens is 2. The van der Waals surface area contributed by atoms with Crippen molar-refractivity contribution in [3.63, 3.8) is 0 Å². The molecule has 4 nitrogen and oxygen atoms in total. The lowest BCUT2D eigenvalue weighted by atomic mass is 9.65. The lowest BCUT2D eigenvalue weighted by Gasteiger charge is -2.38. The molecule has 10 aromatic rings. The average Bonchev–Trinajstić information content (AvgIpc) is 3.93. The van der Waals surface area contributed by atoms with Crippen molar-refractivity contribution in [1.82, 2.24) is 9.97 Å². The second kappa shape index (κ2) is 19.0. The van der Waals surface area contributed by atoms with E-state index in [1.807, 2.05) is 48.7 Å². The molecular weight excluding hydrogens is 941 g/mol. The van der Waals surface area contributed by atoms with Gasteiger partial charge < -0.3 is 9.80 Å². The van der Waals surface area contributed by atoms with Crippen LogP contribution >= 0.6 is 11.8 Å². The number of fused-ring (bicyclic) bond motifs is 13. The molecule has 2 aromatic heterocycles. The fourth-order valence-corrected chi connectivity index (χ4v) is 13.0. The Morgan fingerprint density at radius 2 is 1.09 bits per heavy atom. The molecule has 2 unspecified atom stereocenters. The molecule has 0 saturated carbocycles. The van der Waals surface area contributed by atoms with E-state index >= 15 is 0 Å². The summed E-state index contributed by atoms with van der Waals surface area (Å²) in [7, 11) is 0. The summed E-state index contributed by atoms with van der Waals surface area (Å²) in [6.07, 6.45) is 15.6. The van der Waals surface area contributed by atoms with Gasteiger partial charge in [0, 0.05) is 45.3 Å². The van der Waals surface area contributed by atoms with Gasteiger partial charge in [-0.3, -0.25) is 9.97 Å². The van der Waals surface area contributed by atoms with E-state index in [1.165, 1.54) is 81.7 Å². The Labute approximate surface area is 453 Å². The van der Waals surface area contributed by atoms with Crippen molar-refractivity contribution < 1.29 is 0 Å². The van der Waals surface area contributed by atoms with Crippen LogP contribution in [0.3, 0.4) is 0 Å². The average molecular weight is 1010 g/mol. The molecule has 0 N–H and O–H groups in total. The van der Waals surface area contributed by atoms with Gasteiger partial charge in [-0.15, -0.1) is 11.8 Å². The van der Waals surface area contributed by atoms with E-state index in [2.05, 4.69) is 246 Å². The number of thioether (sulfide) groups is 1. The van der Waals surface area contributed by atoms with Gasteiger partial charge in [-0.05, 0) is 192 Å². The zero-order valence-corrected chi connectivity index (χ0v) is 45.7. The number of nitrogens with zero attached hydrogens (tertiary/aromatic N) is 4. The summed E-state index contributed by atoms with van der Waals surface area (Å²) in [6, 6.07) is 63.8. The molecule has 374 valence electrons. The first-order chi connectivity index (χ1) is 36.7. The van der Waals surface area contributed by atoms with E-state index in [-0.39, 0.29) is 16.1 Å². The predicted molar refractivity (Wildman–Crippen MR) is 325 cm³/mol. The van der Waals surface area contributed by atoms with E-state index in [0.717, 1.165) is 46.1 Å². The van der Waals surface area contributed by atoms with Gasteiger partial charge in [0.05, 0.1) is 29.2 Å². The van der Waals surface area contributed by atoms with Gasteiger partial charge in [0.15, 0.2) is 0 Å². The highest BCUT2D eigenvalue weighted by Crippen LogP contribution is 2.63. The number of benzene rings is 8. The van der Waals surface area contributed by atoms with Crippen LogP contribution in [0.15, 0.2) is 235 Å². The van der Waals surface area contributed by atoms with Gasteiger partial charge in [-0.1, -0.05) is 158 Å². The molecule has 0 radical (unpaired) electrons. The third-order valence-corrected chi connectivity index (χ3v) is 16.9. The number of allylic oxidation sites excluding steroid dienone is 4. The van der Waals surface area contributed by atoms with E-state index in [0.29, 0.717) is 0 Å². The molecule has 1 spiro atoms. The minimum absolute atomic E-state index is 0.00766. The first-order valence-electron chi connectivity index (χ1n) is 26.8. The molecule has 0 amide bonds. The second-order valence-corrected chi connectivity index (χ2v) is 24.1. The second-order valence-electron chi connectivity index (χ2n) is 22.7. The van der Waals surface area contributed by atoms with Crippen LogP contribution in [0.5, 0.6) is 0 Å². The third-order valence-electron chi connectivity index (χ3n) is 15.8. The summed E-state index contributed by atoms with van der Waals surface area (Å²) in [5.41, 5.74) is 16.5. The number of hydrogen-bond acceptors (Lipinski definition) is 5. The van der Waals surface area contributed by atoms with E-state index in [4.69, 9.17) is 11.6 Å². The van der Waals surface area contributed by atoms with Crippen molar-refractivity contribution in [2.45, 2.75) is 88.2 Å². The Kier molecular flexibility index (Phi) is 12.2. The predicted octanol–water partition coefficient (Wildman–Crippen LogP) is 19.7. The van der Waals surface area contributed by atoms with Gasteiger partial charge in [-0.25, -0.2) is 0 Å².